The Labute approximate surface area is 161 Å². The van der Waals surface area contributed by atoms with Crippen molar-refractivity contribution in [2.45, 2.75) is 32.5 Å². The van der Waals surface area contributed by atoms with Crippen molar-refractivity contribution in [2.24, 2.45) is 0 Å². The lowest BCUT2D eigenvalue weighted by molar-refractivity contribution is 0.0477. The number of piperazine rings is 1. The second-order valence-electron chi connectivity index (χ2n) is 7.94. The Bertz CT molecular complexity index is 832. The van der Waals surface area contributed by atoms with Crippen LogP contribution >= 0.6 is 0 Å². The van der Waals surface area contributed by atoms with Gasteiger partial charge in [0.15, 0.2) is 21.3 Å². The third-order valence-corrected chi connectivity index (χ3v) is 7.33. The number of sulfone groups is 1. The topological polar surface area (TPSA) is 59.1 Å². The third kappa shape index (κ3) is 4.15. The zero-order valence-corrected chi connectivity index (χ0v) is 16.9. The molecule has 2 saturated heterocycles. The summed E-state index contributed by atoms with van der Waals surface area (Å²) in [6, 6.07) is 6.18. The molecule has 2 atom stereocenters. The van der Waals surface area contributed by atoms with Crippen LogP contribution in [0.2, 0.25) is 0 Å². The number of ether oxygens (including phenoxy) is 2. The van der Waals surface area contributed by atoms with Gasteiger partial charge in [-0.3, -0.25) is 9.80 Å². The summed E-state index contributed by atoms with van der Waals surface area (Å²) >= 11 is 0. The van der Waals surface area contributed by atoms with E-state index in [2.05, 4.69) is 35.8 Å². The van der Waals surface area contributed by atoms with Crippen LogP contribution in [0.25, 0.3) is 0 Å². The zero-order chi connectivity index (χ0) is 19.0. The van der Waals surface area contributed by atoms with E-state index in [-0.39, 0.29) is 23.6 Å². The van der Waals surface area contributed by atoms with Crippen LogP contribution in [0.1, 0.15) is 19.4 Å². The van der Waals surface area contributed by atoms with Crippen molar-refractivity contribution in [3.8, 4) is 11.5 Å². The summed E-state index contributed by atoms with van der Waals surface area (Å²) in [6.45, 7) is 8.67. The largest absolute Gasteiger partial charge is 0.486 e. The first kappa shape index (κ1) is 18.8. The number of rotatable bonds is 4. The number of nitrogens with zero attached hydrogens (tertiary/aromatic N) is 2. The number of fused-ring (bicyclic) bond motifs is 2. The summed E-state index contributed by atoms with van der Waals surface area (Å²) in [7, 11) is -2.99. The maximum Gasteiger partial charge on any atom is 0.161 e. The fraction of sp³-hybridized carbons (Fsp3) is 0.600. The molecule has 0 N–H and O–H groups in total. The molecule has 3 aliphatic heterocycles. The molecule has 6 nitrogen and oxygen atoms in total. The Balaban J connectivity index is 1.51. The van der Waals surface area contributed by atoms with E-state index in [1.807, 2.05) is 12.1 Å². The van der Waals surface area contributed by atoms with Crippen LogP contribution in [-0.2, 0) is 16.4 Å². The summed E-state index contributed by atoms with van der Waals surface area (Å²) in [6.07, 6.45) is 2.19. The molecule has 0 aliphatic carbocycles. The quantitative estimate of drug-likeness (QED) is 0.727. The molecule has 1 aromatic carbocycles. The van der Waals surface area contributed by atoms with E-state index in [4.69, 9.17) is 9.47 Å². The van der Waals surface area contributed by atoms with E-state index in [0.29, 0.717) is 13.2 Å². The molecule has 0 spiro atoms. The van der Waals surface area contributed by atoms with Crippen LogP contribution in [0.5, 0.6) is 11.5 Å². The molecule has 7 heteroatoms. The Morgan fingerprint density at radius 2 is 1.74 bits per heavy atom. The van der Waals surface area contributed by atoms with Gasteiger partial charge in [-0.1, -0.05) is 17.7 Å². The molecular formula is C20H28N2O4S. The molecule has 0 unspecified atom stereocenters. The predicted molar refractivity (Wildman–Crippen MR) is 105 cm³/mol. The van der Waals surface area contributed by atoms with Crippen molar-refractivity contribution >= 4 is 9.84 Å². The van der Waals surface area contributed by atoms with Gasteiger partial charge < -0.3 is 9.47 Å². The summed E-state index contributed by atoms with van der Waals surface area (Å²) in [5.41, 5.74) is 2.41. The van der Waals surface area contributed by atoms with Gasteiger partial charge in [-0.25, -0.2) is 8.42 Å². The van der Waals surface area contributed by atoms with Crippen LogP contribution in [0.3, 0.4) is 0 Å². The van der Waals surface area contributed by atoms with Gasteiger partial charge >= 0.3 is 0 Å². The van der Waals surface area contributed by atoms with Gasteiger partial charge in [-0.05, 0) is 31.5 Å². The maximum absolute atomic E-state index is 12.4. The number of benzene rings is 1. The van der Waals surface area contributed by atoms with Gasteiger partial charge in [0.05, 0.1) is 11.5 Å². The van der Waals surface area contributed by atoms with Gasteiger partial charge in [0, 0.05) is 38.3 Å². The Morgan fingerprint density at radius 3 is 2.48 bits per heavy atom. The van der Waals surface area contributed by atoms with E-state index >= 15 is 0 Å². The highest BCUT2D eigenvalue weighted by atomic mass is 32.2. The van der Waals surface area contributed by atoms with Gasteiger partial charge in [0.2, 0.25) is 0 Å². The number of allylic oxidation sites excluding steroid dienone is 1. The number of hydrogen-bond donors (Lipinski definition) is 0. The minimum absolute atomic E-state index is 0.0579. The molecule has 4 rings (SSSR count). The minimum atomic E-state index is -2.99. The second kappa shape index (κ2) is 7.45. The first-order valence-corrected chi connectivity index (χ1v) is 11.4. The lowest BCUT2D eigenvalue weighted by Crippen LogP contribution is -2.58. The van der Waals surface area contributed by atoms with Crippen molar-refractivity contribution in [2.75, 3.05) is 44.4 Å². The van der Waals surface area contributed by atoms with Crippen LogP contribution in [0, 0.1) is 0 Å². The summed E-state index contributed by atoms with van der Waals surface area (Å²) in [5.74, 6) is 2.11. The molecule has 27 heavy (non-hydrogen) atoms. The van der Waals surface area contributed by atoms with E-state index in [1.54, 1.807) is 0 Å². The molecule has 0 bridgehead atoms. The van der Waals surface area contributed by atoms with E-state index < -0.39 is 9.84 Å². The zero-order valence-electron chi connectivity index (χ0n) is 16.1. The molecule has 148 valence electrons. The Morgan fingerprint density at radius 1 is 1.07 bits per heavy atom. The highest BCUT2D eigenvalue weighted by Gasteiger charge is 2.46. The Hall–Kier alpha value is -1.57. The average Bonchev–Trinajstić information content (AvgIpc) is 2.96. The fourth-order valence-electron chi connectivity index (χ4n) is 4.24. The molecule has 3 aliphatic rings. The minimum Gasteiger partial charge on any atom is -0.486 e. The van der Waals surface area contributed by atoms with E-state index in [0.717, 1.165) is 43.2 Å². The lowest BCUT2D eigenvalue weighted by Gasteiger charge is -2.43. The van der Waals surface area contributed by atoms with Crippen LogP contribution < -0.4 is 9.47 Å². The maximum atomic E-state index is 12.4. The van der Waals surface area contributed by atoms with Gasteiger partial charge in [0.1, 0.15) is 13.2 Å². The summed E-state index contributed by atoms with van der Waals surface area (Å²) < 4.78 is 36.0. The van der Waals surface area contributed by atoms with Crippen molar-refractivity contribution in [1.82, 2.24) is 9.80 Å². The van der Waals surface area contributed by atoms with Gasteiger partial charge in [0.25, 0.3) is 0 Å². The molecule has 0 saturated carbocycles. The highest BCUT2D eigenvalue weighted by Crippen LogP contribution is 2.33. The second-order valence-corrected chi connectivity index (χ2v) is 10.1. The number of hydrogen-bond acceptors (Lipinski definition) is 6. The smallest absolute Gasteiger partial charge is 0.161 e. The molecule has 1 aromatic rings. The van der Waals surface area contributed by atoms with Crippen LogP contribution in [0.15, 0.2) is 29.8 Å². The van der Waals surface area contributed by atoms with Crippen molar-refractivity contribution in [3.05, 3.63) is 35.4 Å². The predicted octanol–water partition coefficient (Wildman–Crippen LogP) is 1.71. The first-order valence-electron chi connectivity index (χ1n) is 9.62. The Kier molecular flexibility index (Phi) is 5.18. The standard InChI is InChI=1S/C20H28N2O4S/c1-15(2)5-6-21-7-8-22(18-14-27(23,24)13-17(18)21)12-16-3-4-19-20(11-16)26-10-9-25-19/h3-5,11,17-18H,6-10,12-14H2,1-2H3/t17-,18+/m0/s1. The summed E-state index contributed by atoms with van der Waals surface area (Å²) in [4.78, 5) is 4.67. The average molecular weight is 393 g/mol. The molecule has 3 heterocycles. The molecular weight excluding hydrogens is 364 g/mol. The van der Waals surface area contributed by atoms with Crippen LogP contribution in [0.4, 0.5) is 0 Å². The normalized spacial score (nSPS) is 27.2. The first-order chi connectivity index (χ1) is 12.9. The van der Waals surface area contributed by atoms with Gasteiger partial charge in [-0.15, -0.1) is 0 Å². The molecule has 2 fully saturated rings. The molecule has 0 amide bonds. The molecule has 0 aromatic heterocycles. The fourth-order valence-corrected chi connectivity index (χ4v) is 6.28. The van der Waals surface area contributed by atoms with E-state index in [9.17, 15) is 8.42 Å². The monoisotopic (exact) mass is 392 g/mol. The van der Waals surface area contributed by atoms with Crippen molar-refractivity contribution in [3.63, 3.8) is 0 Å². The SMILES string of the molecule is CC(C)=CCN1CCN(Cc2ccc3c(c2)OCCO3)[C@@H]2CS(=O)(=O)C[C@@H]21. The summed E-state index contributed by atoms with van der Waals surface area (Å²) in [5, 5.41) is 0. The van der Waals surface area contributed by atoms with E-state index in [1.165, 1.54) is 5.57 Å². The van der Waals surface area contributed by atoms with Gasteiger partial charge in [-0.2, -0.15) is 0 Å². The highest BCUT2D eigenvalue weighted by molar-refractivity contribution is 7.91. The third-order valence-electron chi connectivity index (χ3n) is 5.63. The van der Waals surface area contributed by atoms with Crippen LogP contribution in [-0.4, -0.2) is 74.7 Å². The van der Waals surface area contributed by atoms with Crippen molar-refractivity contribution < 1.29 is 17.9 Å². The lowest BCUT2D eigenvalue weighted by atomic mass is 10.0. The van der Waals surface area contributed by atoms with Crippen molar-refractivity contribution in [1.29, 1.82) is 0 Å². The molecule has 0 radical (unpaired) electrons.